The molecule has 13 nitrogen and oxygen atoms in total. The summed E-state index contributed by atoms with van der Waals surface area (Å²) in [6.07, 6.45) is -15.8. The van der Waals surface area contributed by atoms with Crippen LogP contribution in [0, 0.1) is 0 Å². The van der Waals surface area contributed by atoms with Crippen molar-refractivity contribution in [2.24, 2.45) is 0 Å². The first kappa shape index (κ1) is 21.9. The number of aliphatic hydroxyl groups is 6. The lowest BCUT2D eigenvalue weighted by atomic mass is 9.95. The van der Waals surface area contributed by atoms with Crippen molar-refractivity contribution >= 4 is 11.9 Å². The van der Waals surface area contributed by atoms with Crippen LogP contribution in [-0.4, -0.2) is 116 Å². The van der Waals surface area contributed by atoms with Crippen LogP contribution < -0.4 is 5.32 Å². The molecule has 0 bridgehead atoms. The van der Waals surface area contributed by atoms with E-state index in [0.717, 1.165) is 6.92 Å². The highest BCUT2D eigenvalue weighted by Crippen LogP contribution is 2.28. The van der Waals surface area contributed by atoms with E-state index >= 15 is 0 Å². The van der Waals surface area contributed by atoms with E-state index in [0.29, 0.717) is 0 Å². The number of aliphatic carboxylic acids is 1. The van der Waals surface area contributed by atoms with Gasteiger partial charge in [-0.05, 0) is 0 Å². The molecule has 10 atom stereocenters. The number of carboxylic acid groups (broad SMARTS) is 1. The molecule has 2 saturated heterocycles. The molecule has 2 aliphatic heterocycles. The van der Waals surface area contributed by atoms with E-state index in [4.69, 9.17) is 19.3 Å². The number of hydrogen-bond donors (Lipinski definition) is 8. The molecule has 156 valence electrons. The summed E-state index contributed by atoms with van der Waals surface area (Å²) in [5.41, 5.74) is 0. The second-order valence-corrected chi connectivity index (χ2v) is 6.30. The third-order valence-corrected chi connectivity index (χ3v) is 4.35. The summed E-state index contributed by atoms with van der Waals surface area (Å²) in [6.45, 7) is 0.388. The zero-order valence-corrected chi connectivity index (χ0v) is 14.2. The summed E-state index contributed by atoms with van der Waals surface area (Å²) in [7, 11) is 0. The van der Waals surface area contributed by atoms with E-state index in [-0.39, 0.29) is 0 Å². The molecule has 2 fully saturated rings. The van der Waals surface area contributed by atoms with E-state index < -0.39 is 79.8 Å². The zero-order valence-electron chi connectivity index (χ0n) is 14.2. The highest BCUT2D eigenvalue weighted by molar-refractivity contribution is 5.73. The lowest BCUT2D eigenvalue weighted by molar-refractivity contribution is -0.336. The number of ether oxygens (including phenoxy) is 3. The van der Waals surface area contributed by atoms with Crippen LogP contribution in [0.25, 0.3) is 0 Å². The van der Waals surface area contributed by atoms with Gasteiger partial charge in [-0.3, -0.25) is 4.79 Å². The number of hydrogen-bond acceptors (Lipinski definition) is 11. The number of aliphatic hydroxyl groups excluding tert-OH is 6. The summed E-state index contributed by atoms with van der Waals surface area (Å²) < 4.78 is 15.3. The van der Waals surface area contributed by atoms with Crippen LogP contribution >= 0.6 is 0 Å². The molecule has 1 amide bonds. The first-order valence-corrected chi connectivity index (χ1v) is 8.06. The average Bonchev–Trinajstić information content (AvgIpc) is 2.60. The molecule has 0 aromatic heterocycles. The molecule has 2 heterocycles. The maximum atomic E-state index is 11.4. The van der Waals surface area contributed by atoms with Gasteiger partial charge in [0.2, 0.25) is 5.91 Å². The molecular weight excluding hydrogens is 374 g/mol. The number of rotatable bonds is 5. The molecule has 2 rings (SSSR count). The Morgan fingerprint density at radius 1 is 1.00 bits per heavy atom. The van der Waals surface area contributed by atoms with Gasteiger partial charge in [0, 0.05) is 6.92 Å². The van der Waals surface area contributed by atoms with Gasteiger partial charge >= 0.3 is 5.97 Å². The zero-order chi connectivity index (χ0) is 20.5. The lowest BCUT2D eigenvalue weighted by Gasteiger charge is -2.46. The number of carboxylic acids is 1. The van der Waals surface area contributed by atoms with Gasteiger partial charge in [0.05, 0.1) is 6.61 Å². The maximum absolute atomic E-state index is 11.4. The fourth-order valence-electron chi connectivity index (χ4n) is 2.95. The SMILES string of the molecule is CC(=O)N[C@@H]1[C@@H](O[C@@H]2O[C@H](C(=O)O)[C@H](O)[C@H](O)[C@H]2O)[C@H](O)[C@@H](CO)O[C@@H]1O. The number of nitrogens with one attached hydrogen (secondary N) is 1. The third-order valence-electron chi connectivity index (χ3n) is 4.35. The highest BCUT2D eigenvalue weighted by Gasteiger charge is 2.52. The van der Waals surface area contributed by atoms with Crippen molar-refractivity contribution in [1.82, 2.24) is 5.32 Å². The minimum absolute atomic E-state index is 0.630. The van der Waals surface area contributed by atoms with Crippen molar-refractivity contribution in [1.29, 1.82) is 0 Å². The van der Waals surface area contributed by atoms with E-state index in [9.17, 15) is 40.2 Å². The Morgan fingerprint density at radius 2 is 1.63 bits per heavy atom. The smallest absolute Gasteiger partial charge is 0.335 e. The maximum Gasteiger partial charge on any atom is 0.335 e. The average molecular weight is 397 g/mol. The normalized spacial score (nSPS) is 45.3. The Bertz CT molecular complexity index is 546. The van der Waals surface area contributed by atoms with Crippen LogP contribution in [-0.2, 0) is 23.8 Å². The predicted molar refractivity (Wildman–Crippen MR) is 80.8 cm³/mol. The Hall–Kier alpha value is -1.42. The van der Waals surface area contributed by atoms with E-state index in [1.54, 1.807) is 0 Å². The van der Waals surface area contributed by atoms with Crippen molar-refractivity contribution in [2.45, 2.75) is 68.3 Å². The molecule has 27 heavy (non-hydrogen) atoms. The molecule has 2 aliphatic rings. The first-order chi connectivity index (χ1) is 12.6. The summed E-state index contributed by atoms with van der Waals surface area (Å²) in [5.74, 6) is -2.27. The van der Waals surface area contributed by atoms with Gasteiger partial charge in [0.15, 0.2) is 18.7 Å². The minimum Gasteiger partial charge on any atom is -0.479 e. The second-order valence-electron chi connectivity index (χ2n) is 6.30. The van der Waals surface area contributed by atoms with Crippen molar-refractivity contribution in [2.75, 3.05) is 6.61 Å². The summed E-state index contributed by atoms with van der Waals surface area (Å²) >= 11 is 0. The van der Waals surface area contributed by atoms with Crippen LogP contribution in [0.15, 0.2) is 0 Å². The monoisotopic (exact) mass is 397 g/mol. The number of carbonyl (C=O) groups is 2. The van der Waals surface area contributed by atoms with Crippen LogP contribution in [0.4, 0.5) is 0 Å². The van der Waals surface area contributed by atoms with E-state index in [2.05, 4.69) is 5.32 Å². The van der Waals surface area contributed by atoms with Crippen LogP contribution in [0.5, 0.6) is 0 Å². The van der Waals surface area contributed by atoms with Gasteiger partial charge in [-0.1, -0.05) is 0 Å². The minimum atomic E-state index is -1.95. The van der Waals surface area contributed by atoms with Gasteiger partial charge in [-0.2, -0.15) is 0 Å². The lowest BCUT2D eigenvalue weighted by Crippen LogP contribution is -2.67. The topological polar surface area (TPSA) is 215 Å². The predicted octanol–water partition coefficient (Wildman–Crippen LogP) is -5.16. The van der Waals surface area contributed by atoms with Crippen molar-refractivity contribution in [3.63, 3.8) is 0 Å². The van der Waals surface area contributed by atoms with Gasteiger partial charge < -0.3 is 55.3 Å². The fraction of sp³-hybridized carbons (Fsp3) is 0.857. The Morgan fingerprint density at radius 3 is 2.15 bits per heavy atom. The van der Waals surface area contributed by atoms with Crippen molar-refractivity contribution < 1.29 is 59.5 Å². The van der Waals surface area contributed by atoms with Crippen LogP contribution in [0.2, 0.25) is 0 Å². The number of amides is 1. The van der Waals surface area contributed by atoms with Crippen LogP contribution in [0.3, 0.4) is 0 Å². The second kappa shape index (κ2) is 8.72. The molecule has 0 aromatic rings. The fourth-order valence-corrected chi connectivity index (χ4v) is 2.95. The summed E-state index contributed by atoms with van der Waals surface area (Å²) in [5, 5.41) is 70.4. The van der Waals surface area contributed by atoms with Gasteiger partial charge in [-0.15, -0.1) is 0 Å². The summed E-state index contributed by atoms with van der Waals surface area (Å²) in [6, 6.07) is -1.37. The molecular formula is C14H23NO12. The largest absolute Gasteiger partial charge is 0.479 e. The molecule has 13 heteroatoms. The molecule has 0 unspecified atom stereocenters. The molecule has 0 saturated carbocycles. The van der Waals surface area contributed by atoms with Crippen molar-refractivity contribution in [3.8, 4) is 0 Å². The number of carbonyl (C=O) groups excluding carboxylic acids is 1. The van der Waals surface area contributed by atoms with Crippen LogP contribution in [0.1, 0.15) is 6.92 Å². The van der Waals surface area contributed by atoms with E-state index in [1.165, 1.54) is 0 Å². The summed E-state index contributed by atoms with van der Waals surface area (Å²) in [4.78, 5) is 22.5. The standard InChI is InChI=1S/C14H23NO12/c1-3(17)15-5-10(6(18)4(2-16)25-13(5)24)26-14-9(21)7(19)8(20)11(27-14)12(22)23/h4-11,13-14,16,18-21,24H,2H2,1H3,(H,15,17)(H,22,23)/t4-,5-,6-,7+,8-,9-,10-,11+,13+,14-/m1/s1. The highest BCUT2D eigenvalue weighted by atomic mass is 16.7. The Balaban J connectivity index is 2.25. The molecule has 0 spiro atoms. The van der Waals surface area contributed by atoms with Gasteiger partial charge in [0.25, 0.3) is 0 Å². The third kappa shape index (κ3) is 4.53. The Kier molecular flexibility index (Phi) is 7.07. The van der Waals surface area contributed by atoms with Gasteiger partial charge in [-0.25, -0.2) is 4.79 Å². The quantitative estimate of drug-likeness (QED) is 0.218. The molecule has 8 N–H and O–H groups in total. The molecule has 0 radical (unpaired) electrons. The Labute approximate surface area is 152 Å². The molecule has 0 aliphatic carbocycles. The van der Waals surface area contributed by atoms with Crippen molar-refractivity contribution in [3.05, 3.63) is 0 Å². The first-order valence-electron chi connectivity index (χ1n) is 8.06. The van der Waals surface area contributed by atoms with E-state index in [1.807, 2.05) is 0 Å². The van der Waals surface area contributed by atoms with Gasteiger partial charge in [0.1, 0.15) is 42.7 Å². The molecule has 0 aromatic carbocycles.